The molecule has 0 aromatic heterocycles. The van der Waals surface area contributed by atoms with Gasteiger partial charge < -0.3 is 10.6 Å². The highest BCUT2D eigenvalue weighted by atomic mass is 19.1. The summed E-state index contributed by atoms with van der Waals surface area (Å²) in [5.74, 6) is 1.66. The van der Waals surface area contributed by atoms with Crippen LogP contribution in [-0.2, 0) is 4.79 Å². The van der Waals surface area contributed by atoms with E-state index >= 15 is 0 Å². The highest BCUT2D eigenvalue weighted by Crippen LogP contribution is 2.16. The summed E-state index contributed by atoms with van der Waals surface area (Å²) in [7, 11) is 0. The van der Waals surface area contributed by atoms with Crippen molar-refractivity contribution in [3.8, 4) is 12.3 Å². The number of likely N-dealkylation sites (N-methyl/N-ethyl adjacent to an activating group) is 1. The third kappa shape index (κ3) is 3.30. The smallest absolute Gasteiger partial charge is 0.244 e. The van der Waals surface area contributed by atoms with Crippen LogP contribution in [0.3, 0.4) is 0 Å². The van der Waals surface area contributed by atoms with Crippen LogP contribution in [0.4, 0.5) is 10.1 Å². The van der Waals surface area contributed by atoms with Gasteiger partial charge in [-0.15, -0.1) is 12.3 Å². The summed E-state index contributed by atoms with van der Waals surface area (Å²) in [6, 6.07) is 5.08. The maximum absolute atomic E-state index is 13.1. The van der Waals surface area contributed by atoms with E-state index in [1.54, 1.807) is 19.1 Å². The number of carbonyl (C=O) groups is 1. The van der Waals surface area contributed by atoms with Gasteiger partial charge in [0.2, 0.25) is 5.91 Å². The lowest BCUT2D eigenvalue weighted by Gasteiger charge is -2.23. The maximum Gasteiger partial charge on any atom is 0.244 e. The first kappa shape index (κ1) is 13.2. The van der Waals surface area contributed by atoms with Crippen molar-refractivity contribution >= 4 is 11.6 Å². The molecule has 1 amide bonds. The number of rotatable bonds is 4. The number of nitrogens with zero attached hydrogens (tertiary/aromatic N) is 1. The van der Waals surface area contributed by atoms with E-state index in [9.17, 15) is 9.18 Å². The molecule has 1 rings (SSSR count). The summed E-state index contributed by atoms with van der Waals surface area (Å²) in [6.07, 6.45) is 5.28. The van der Waals surface area contributed by atoms with Gasteiger partial charge in [-0.2, -0.15) is 0 Å². The molecule has 0 radical (unpaired) electrons. The summed E-state index contributed by atoms with van der Waals surface area (Å²) >= 11 is 0. The van der Waals surface area contributed by atoms with Gasteiger partial charge in [0.15, 0.2) is 0 Å². The van der Waals surface area contributed by atoms with Crippen molar-refractivity contribution in [3.05, 3.63) is 30.1 Å². The van der Waals surface area contributed by atoms with Crippen LogP contribution in [0.1, 0.15) is 13.3 Å². The molecule has 1 aromatic rings. The molecular formula is C13H15FN2O. The zero-order chi connectivity index (χ0) is 12.8. The highest BCUT2D eigenvalue weighted by Gasteiger charge is 2.20. The van der Waals surface area contributed by atoms with Crippen molar-refractivity contribution in [2.75, 3.05) is 11.4 Å². The Morgan fingerprint density at radius 2 is 2.35 bits per heavy atom. The number of halogens is 1. The minimum absolute atomic E-state index is 0.171. The summed E-state index contributed by atoms with van der Waals surface area (Å²) in [5, 5.41) is 0. The number of terminal acetylenes is 1. The second kappa shape index (κ2) is 6.02. The normalized spacial score (nSPS) is 11.6. The largest absolute Gasteiger partial charge is 0.319 e. The Balaban J connectivity index is 2.92. The molecule has 0 heterocycles. The third-order valence-corrected chi connectivity index (χ3v) is 2.36. The molecular weight excluding hydrogens is 219 g/mol. The molecule has 4 heteroatoms. The van der Waals surface area contributed by atoms with Crippen LogP contribution in [0.25, 0.3) is 0 Å². The second-order valence-electron chi connectivity index (χ2n) is 3.58. The number of carbonyl (C=O) groups excluding carboxylic acids is 1. The van der Waals surface area contributed by atoms with Gasteiger partial charge in [-0.05, 0) is 25.1 Å². The number of amides is 1. The van der Waals surface area contributed by atoms with Crippen molar-refractivity contribution < 1.29 is 9.18 Å². The standard InChI is InChI=1S/C13H15FN2O/c1-3-6-12(15)13(17)16(4-2)11-8-5-7-10(14)9-11/h1,5,7-9,12H,4,6,15H2,2H3. The van der Waals surface area contributed by atoms with Crippen LogP contribution in [0.5, 0.6) is 0 Å². The van der Waals surface area contributed by atoms with Gasteiger partial charge in [0.05, 0.1) is 6.04 Å². The van der Waals surface area contributed by atoms with Gasteiger partial charge in [-0.25, -0.2) is 4.39 Å². The predicted molar refractivity (Wildman–Crippen MR) is 65.9 cm³/mol. The molecule has 0 spiro atoms. The van der Waals surface area contributed by atoms with Crippen molar-refractivity contribution in [3.63, 3.8) is 0 Å². The van der Waals surface area contributed by atoms with Crippen molar-refractivity contribution in [1.29, 1.82) is 0 Å². The first-order valence-corrected chi connectivity index (χ1v) is 5.36. The number of nitrogens with two attached hydrogens (primary N) is 1. The van der Waals surface area contributed by atoms with E-state index in [0.717, 1.165) is 0 Å². The second-order valence-corrected chi connectivity index (χ2v) is 3.58. The third-order valence-electron chi connectivity index (χ3n) is 2.36. The molecule has 17 heavy (non-hydrogen) atoms. The fourth-order valence-electron chi connectivity index (χ4n) is 1.52. The number of hydrogen-bond acceptors (Lipinski definition) is 2. The lowest BCUT2D eigenvalue weighted by Crippen LogP contribution is -2.43. The Bertz CT molecular complexity index is 439. The van der Waals surface area contributed by atoms with E-state index in [0.29, 0.717) is 12.2 Å². The molecule has 0 aliphatic rings. The molecule has 3 nitrogen and oxygen atoms in total. The SMILES string of the molecule is C#CCC(N)C(=O)N(CC)c1cccc(F)c1. The van der Waals surface area contributed by atoms with Gasteiger partial charge in [0.1, 0.15) is 5.82 Å². The molecule has 1 unspecified atom stereocenters. The number of benzene rings is 1. The Kier molecular flexibility index (Phi) is 4.68. The first-order chi connectivity index (χ1) is 8.10. The first-order valence-electron chi connectivity index (χ1n) is 5.36. The topological polar surface area (TPSA) is 46.3 Å². The Labute approximate surface area is 100 Å². The average Bonchev–Trinajstić information content (AvgIpc) is 2.30. The Morgan fingerprint density at radius 1 is 1.65 bits per heavy atom. The molecule has 90 valence electrons. The van der Waals surface area contributed by atoms with E-state index < -0.39 is 6.04 Å². The minimum atomic E-state index is -0.747. The molecule has 0 aliphatic heterocycles. The molecule has 0 aliphatic carbocycles. The molecule has 0 saturated heterocycles. The van der Waals surface area contributed by atoms with Crippen LogP contribution >= 0.6 is 0 Å². The Morgan fingerprint density at radius 3 is 2.88 bits per heavy atom. The minimum Gasteiger partial charge on any atom is -0.319 e. The summed E-state index contributed by atoms with van der Waals surface area (Å²) in [4.78, 5) is 13.4. The fourth-order valence-corrected chi connectivity index (χ4v) is 1.52. The van der Waals surface area contributed by atoms with E-state index in [4.69, 9.17) is 12.2 Å². The quantitative estimate of drug-likeness (QED) is 0.803. The zero-order valence-electron chi connectivity index (χ0n) is 9.69. The lowest BCUT2D eigenvalue weighted by atomic mass is 10.2. The van der Waals surface area contributed by atoms with Crippen molar-refractivity contribution in [2.24, 2.45) is 5.73 Å². The molecule has 0 fully saturated rings. The van der Waals surface area contributed by atoms with Crippen LogP contribution in [-0.4, -0.2) is 18.5 Å². The van der Waals surface area contributed by atoms with Gasteiger partial charge in [-0.3, -0.25) is 4.79 Å². The van der Waals surface area contributed by atoms with E-state index in [1.807, 2.05) is 0 Å². The monoisotopic (exact) mass is 234 g/mol. The van der Waals surface area contributed by atoms with Crippen LogP contribution < -0.4 is 10.6 Å². The number of hydrogen-bond donors (Lipinski definition) is 1. The van der Waals surface area contributed by atoms with Crippen molar-refractivity contribution in [2.45, 2.75) is 19.4 Å². The molecule has 1 atom stereocenters. The van der Waals surface area contributed by atoms with Gasteiger partial charge in [0.25, 0.3) is 0 Å². The van der Waals surface area contributed by atoms with Gasteiger partial charge in [-0.1, -0.05) is 6.07 Å². The van der Waals surface area contributed by atoms with Gasteiger partial charge >= 0.3 is 0 Å². The molecule has 1 aromatic carbocycles. The summed E-state index contributed by atoms with van der Waals surface area (Å²) in [5.41, 5.74) is 6.14. The Hall–Kier alpha value is -1.86. The summed E-state index contributed by atoms with van der Waals surface area (Å²) in [6.45, 7) is 2.21. The molecule has 2 N–H and O–H groups in total. The predicted octanol–water partition coefficient (Wildman–Crippen LogP) is 1.53. The van der Waals surface area contributed by atoms with Gasteiger partial charge in [0, 0.05) is 18.7 Å². The van der Waals surface area contributed by atoms with Crippen LogP contribution in [0.15, 0.2) is 24.3 Å². The maximum atomic E-state index is 13.1. The fraction of sp³-hybridized carbons (Fsp3) is 0.308. The molecule has 0 saturated carbocycles. The highest BCUT2D eigenvalue weighted by molar-refractivity contribution is 5.97. The average molecular weight is 234 g/mol. The van der Waals surface area contributed by atoms with E-state index in [2.05, 4.69) is 5.92 Å². The lowest BCUT2D eigenvalue weighted by molar-refractivity contribution is -0.119. The molecule has 0 bridgehead atoms. The van der Waals surface area contributed by atoms with Crippen LogP contribution in [0, 0.1) is 18.2 Å². The number of anilines is 1. The van der Waals surface area contributed by atoms with Crippen LogP contribution in [0.2, 0.25) is 0 Å². The van der Waals surface area contributed by atoms with E-state index in [-0.39, 0.29) is 18.1 Å². The zero-order valence-corrected chi connectivity index (χ0v) is 9.69. The summed E-state index contributed by atoms with van der Waals surface area (Å²) < 4.78 is 13.1. The van der Waals surface area contributed by atoms with Crippen molar-refractivity contribution in [1.82, 2.24) is 0 Å². The van der Waals surface area contributed by atoms with E-state index in [1.165, 1.54) is 17.0 Å².